The minimum Gasteiger partial charge on any atom is -0.323 e. The monoisotopic (exact) mass is 201 g/mol. The van der Waals surface area contributed by atoms with Gasteiger partial charge in [0, 0.05) is 6.04 Å². The number of hydrogen-bond acceptors (Lipinski definition) is 1. The third-order valence-corrected chi connectivity index (χ3v) is 4.27. The molecule has 1 aromatic rings. The number of benzene rings is 1. The molecule has 2 N–H and O–H groups in total. The minimum absolute atomic E-state index is 0.311. The fourth-order valence-corrected chi connectivity index (χ4v) is 2.89. The van der Waals surface area contributed by atoms with E-state index in [1.54, 1.807) is 0 Å². The molecular formula is C14H19N. The van der Waals surface area contributed by atoms with E-state index in [4.69, 9.17) is 5.73 Å². The SMILES string of the molecule is CC(C)c1ccc2c(c1)C(N)C1(CC1)C2. The van der Waals surface area contributed by atoms with Crippen molar-refractivity contribution in [3.8, 4) is 0 Å². The van der Waals surface area contributed by atoms with E-state index < -0.39 is 0 Å². The van der Waals surface area contributed by atoms with Crippen LogP contribution in [-0.2, 0) is 6.42 Å². The predicted octanol–water partition coefficient (Wildman–Crippen LogP) is 3.15. The van der Waals surface area contributed by atoms with Gasteiger partial charge in [-0.1, -0.05) is 32.0 Å². The summed E-state index contributed by atoms with van der Waals surface area (Å²) in [5.41, 5.74) is 11.2. The molecule has 1 fully saturated rings. The molecule has 3 rings (SSSR count). The van der Waals surface area contributed by atoms with Crippen molar-refractivity contribution in [1.29, 1.82) is 0 Å². The van der Waals surface area contributed by atoms with E-state index in [0.29, 0.717) is 17.4 Å². The molecule has 2 aliphatic carbocycles. The summed E-state index contributed by atoms with van der Waals surface area (Å²) in [5.74, 6) is 0.609. The average Bonchev–Trinajstić information content (AvgIpc) is 2.92. The Morgan fingerprint density at radius 2 is 2.07 bits per heavy atom. The average molecular weight is 201 g/mol. The highest BCUT2D eigenvalue weighted by atomic mass is 14.8. The number of hydrogen-bond donors (Lipinski definition) is 1. The van der Waals surface area contributed by atoms with Crippen molar-refractivity contribution in [3.63, 3.8) is 0 Å². The van der Waals surface area contributed by atoms with Gasteiger partial charge in [-0.25, -0.2) is 0 Å². The predicted molar refractivity (Wildman–Crippen MR) is 62.8 cm³/mol. The van der Waals surface area contributed by atoms with Crippen LogP contribution >= 0.6 is 0 Å². The zero-order chi connectivity index (χ0) is 10.6. The molecule has 80 valence electrons. The summed E-state index contributed by atoms with van der Waals surface area (Å²) < 4.78 is 0. The van der Waals surface area contributed by atoms with E-state index in [1.807, 2.05) is 0 Å². The van der Waals surface area contributed by atoms with Gasteiger partial charge in [-0.2, -0.15) is 0 Å². The topological polar surface area (TPSA) is 26.0 Å². The Labute approximate surface area is 91.7 Å². The number of fused-ring (bicyclic) bond motifs is 1. The van der Waals surface area contributed by atoms with Crippen molar-refractivity contribution in [2.24, 2.45) is 11.1 Å². The summed E-state index contributed by atoms with van der Waals surface area (Å²) in [5, 5.41) is 0. The van der Waals surface area contributed by atoms with Gasteiger partial charge in [-0.3, -0.25) is 0 Å². The van der Waals surface area contributed by atoms with Crippen molar-refractivity contribution >= 4 is 0 Å². The van der Waals surface area contributed by atoms with Crippen LogP contribution in [0.4, 0.5) is 0 Å². The first-order valence-corrected chi connectivity index (χ1v) is 6.01. The van der Waals surface area contributed by atoms with Gasteiger partial charge in [-0.05, 0) is 47.3 Å². The largest absolute Gasteiger partial charge is 0.323 e. The zero-order valence-corrected chi connectivity index (χ0v) is 9.59. The van der Waals surface area contributed by atoms with Gasteiger partial charge in [0.15, 0.2) is 0 Å². The van der Waals surface area contributed by atoms with Crippen molar-refractivity contribution < 1.29 is 0 Å². The van der Waals surface area contributed by atoms with E-state index in [2.05, 4.69) is 32.0 Å². The van der Waals surface area contributed by atoms with Crippen LogP contribution in [0.2, 0.25) is 0 Å². The van der Waals surface area contributed by atoms with Gasteiger partial charge in [0.1, 0.15) is 0 Å². The first-order chi connectivity index (χ1) is 7.12. The first kappa shape index (κ1) is 9.41. The molecule has 2 aliphatic rings. The van der Waals surface area contributed by atoms with E-state index in [1.165, 1.54) is 36.0 Å². The summed E-state index contributed by atoms with van der Waals surface area (Å²) in [6.07, 6.45) is 3.89. The van der Waals surface area contributed by atoms with Gasteiger partial charge >= 0.3 is 0 Å². The maximum absolute atomic E-state index is 6.36. The van der Waals surface area contributed by atoms with Crippen LogP contribution in [0.5, 0.6) is 0 Å². The zero-order valence-electron chi connectivity index (χ0n) is 9.59. The number of nitrogens with two attached hydrogens (primary N) is 1. The smallest absolute Gasteiger partial charge is 0.0358 e. The molecule has 1 saturated carbocycles. The van der Waals surface area contributed by atoms with E-state index >= 15 is 0 Å². The molecule has 1 spiro atoms. The summed E-state index contributed by atoms with van der Waals surface area (Å²) in [6, 6.07) is 7.23. The molecule has 0 saturated heterocycles. The van der Waals surface area contributed by atoms with Crippen LogP contribution < -0.4 is 5.73 Å². The molecule has 1 heteroatoms. The molecule has 0 bridgehead atoms. The van der Waals surface area contributed by atoms with Crippen molar-refractivity contribution in [2.75, 3.05) is 0 Å². The van der Waals surface area contributed by atoms with Gasteiger partial charge in [0.25, 0.3) is 0 Å². The highest BCUT2D eigenvalue weighted by molar-refractivity contribution is 5.43. The Bertz CT molecular complexity index is 402. The molecule has 0 radical (unpaired) electrons. The maximum atomic E-state index is 6.36. The van der Waals surface area contributed by atoms with Crippen LogP contribution in [0.3, 0.4) is 0 Å². The first-order valence-electron chi connectivity index (χ1n) is 6.01. The van der Waals surface area contributed by atoms with Gasteiger partial charge < -0.3 is 5.73 Å². The Hall–Kier alpha value is -0.820. The molecule has 0 aromatic heterocycles. The van der Waals surface area contributed by atoms with E-state index in [9.17, 15) is 0 Å². The molecule has 1 unspecified atom stereocenters. The molecule has 0 aliphatic heterocycles. The van der Waals surface area contributed by atoms with Gasteiger partial charge in [-0.15, -0.1) is 0 Å². The van der Waals surface area contributed by atoms with E-state index in [0.717, 1.165) is 0 Å². The van der Waals surface area contributed by atoms with Crippen molar-refractivity contribution in [2.45, 2.75) is 45.1 Å². The normalized spacial score (nSPS) is 26.0. The molecule has 1 aromatic carbocycles. The fourth-order valence-electron chi connectivity index (χ4n) is 2.89. The molecular weight excluding hydrogens is 182 g/mol. The van der Waals surface area contributed by atoms with Crippen LogP contribution in [-0.4, -0.2) is 0 Å². The quantitative estimate of drug-likeness (QED) is 0.742. The molecule has 1 nitrogen and oxygen atoms in total. The van der Waals surface area contributed by atoms with Gasteiger partial charge in [0.2, 0.25) is 0 Å². The number of rotatable bonds is 1. The molecule has 1 atom stereocenters. The molecule has 15 heavy (non-hydrogen) atoms. The van der Waals surface area contributed by atoms with Crippen LogP contribution in [0.25, 0.3) is 0 Å². The highest BCUT2D eigenvalue weighted by Gasteiger charge is 2.52. The Kier molecular flexibility index (Phi) is 1.79. The lowest BCUT2D eigenvalue weighted by molar-refractivity contribution is 0.446. The Balaban J connectivity index is 2.04. The van der Waals surface area contributed by atoms with Crippen LogP contribution in [0, 0.1) is 5.41 Å². The lowest BCUT2D eigenvalue weighted by Crippen LogP contribution is -2.17. The summed E-state index contributed by atoms with van der Waals surface area (Å²) in [7, 11) is 0. The lowest BCUT2D eigenvalue weighted by atomic mass is 9.96. The second-order valence-corrected chi connectivity index (χ2v) is 5.63. The highest BCUT2D eigenvalue weighted by Crippen LogP contribution is 2.60. The second kappa shape index (κ2) is 2.85. The van der Waals surface area contributed by atoms with Crippen molar-refractivity contribution in [3.05, 3.63) is 34.9 Å². The van der Waals surface area contributed by atoms with Crippen LogP contribution in [0.15, 0.2) is 18.2 Å². The summed E-state index contributed by atoms with van der Waals surface area (Å²) in [6.45, 7) is 4.49. The fraction of sp³-hybridized carbons (Fsp3) is 0.571. The third kappa shape index (κ3) is 1.26. The Morgan fingerprint density at radius 1 is 1.33 bits per heavy atom. The van der Waals surface area contributed by atoms with Crippen molar-refractivity contribution in [1.82, 2.24) is 0 Å². The van der Waals surface area contributed by atoms with E-state index in [-0.39, 0.29) is 0 Å². The second-order valence-electron chi connectivity index (χ2n) is 5.63. The summed E-state index contributed by atoms with van der Waals surface area (Å²) in [4.78, 5) is 0. The van der Waals surface area contributed by atoms with Gasteiger partial charge in [0.05, 0.1) is 0 Å². The lowest BCUT2D eigenvalue weighted by Gasteiger charge is -2.14. The van der Waals surface area contributed by atoms with Crippen LogP contribution in [0.1, 0.15) is 55.3 Å². The third-order valence-electron chi connectivity index (χ3n) is 4.27. The molecule has 0 heterocycles. The minimum atomic E-state index is 0.311. The summed E-state index contributed by atoms with van der Waals surface area (Å²) >= 11 is 0. The Morgan fingerprint density at radius 3 is 2.67 bits per heavy atom. The standard InChI is InChI=1S/C14H19N/c1-9(2)10-3-4-11-8-14(5-6-14)13(15)12(11)7-10/h3-4,7,9,13H,5-6,8,15H2,1-2H3. The maximum Gasteiger partial charge on any atom is 0.0358 e. The molecule has 0 amide bonds.